The third-order valence-corrected chi connectivity index (χ3v) is 0.556. The van der Waals surface area contributed by atoms with Gasteiger partial charge in [-0.15, -0.1) is 0 Å². The van der Waals surface area contributed by atoms with Gasteiger partial charge >= 0.3 is 0 Å². The molecule has 0 nitrogen and oxygen atoms in total. The molecular weight excluding hydrogens is 202 g/mol. The van der Waals surface area contributed by atoms with Crippen LogP contribution in [0.3, 0.4) is 0 Å². The summed E-state index contributed by atoms with van der Waals surface area (Å²) in [5.74, 6) is 0. The SMILES string of the molecule is [CH]1C=CC=C1.[Cl-].[Pd]. The van der Waals surface area contributed by atoms with E-state index in [9.17, 15) is 0 Å². The molecule has 0 aromatic carbocycles. The van der Waals surface area contributed by atoms with Crippen LogP contribution in [-0.2, 0) is 20.4 Å². The van der Waals surface area contributed by atoms with Crippen molar-refractivity contribution in [3.05, 3.63) is 30.7 Å². The fourth-order valence-electron chi connectivity index (χ4n) is 0.321. The molecule has 2 heteroatoms. The number of rotatable bonds is 0. The van der Waals surface area contributed by atoms with E-state index in [0.717, 1.165) is 0 Å². The van der Waals surface area contributed by atoms with Crippen LogP contribution in [0, 0.1) is 6.42 Å². The molecular formula is C5H5ClPd-. The van der Waals surface area contributed by atoms with Crippen LogP contribution in [0.25, 0.3) is 0 Å². The van der Waals surface area contributed by atoms with Gasteiger partial charge in [0, 0.05) is 26.8 Å². The minimum Gasteiger partial charge on any atom is -1.00 e. The molecule has 0 N–H and O–H groups in total. The van der Waals surface area contributed by atoms with Crippen LogP contribution in [0.5, 0.6) is 0 Å². The van der Waals surface area contributed by atoms with E-state index in [-0.39, 0.29) is 32.8 Å². The van der Waals surface area contributed by atoms with Crippen LogP contribution in [0.2, 0.25) is 0 Å². The van der Waals surface area contributed by atoms with Crippen molar-refractivity contribution in [1.82, 2.24) is 0 Å². The van der Waals surface area contributed by atoms with Crippen LogP contribution in [0.1, 0.15) is 0 Å². The van der Waals surface area contributed by atoms with Crippen molar-refractivity contribution >= 4 is 0 Å². The first-order chi connectivity index (χ1) is 2.50. The Labute approximate surface area is 63.7 Å². The second kappa shape index (κ2) is 6.43. The fourth-order valence-corrected chi connectivity index (χ4v) is 0.321. The molecule has 0 fully saturated rings. The molecule has 0 saturated heterocycles. The summed E-state index contributed by atoms with van der Waals surface area (Å²) in [5.41, 5.74) is 0. The molecule has 1 aliphatic carbocycles. The summed E-state index contributed by atoms with van der Waals surface area (Å²) < 4.78 is 0. The van der Waals surface area contributed by atoms with Crippen molar-refractivity contribution in [2.45, 2.75) is 0 Å². The van der Waals surface area contributed by atoms with E-state index in [0.29, 0.717) is 0 Å². The molecule has 0 bridgehead atoms. The van der Waals surface area contributed by atoms with Gasteiger partial charge in [0.2, 0.25) is 0 Å². The molecule has 1 rings (SSSR count). The first-order valence-corrected chi connectivity index (χ1v) is 1.67. The summed E-state index contributed by atoms with van der Waals surface area (Å²) in [4.78, 5) is 0. The molecule has 7 heavy (non-hydrogen) atoms. The predicted molar refractivity (Wildman–Crippen MR) is 22.6 cm³/mol. The van der Waals surface area contributed by atoms with E-state index < -0.39 is 0 Å². The van der Waals surface area contributed by atoms with Gasteiger partial charge in [0.1, 0.15) is 0 Å². The summed E-state index contributed by atoms with van der Waals surface area (Å²) in [5, 5.41) is 0. The molecule has 0 aromatic heterocycles. The summed E-state index contributed by atoms with van der Waals surface area (Å²) in [7, 11) is 0. The van der Waals surface area contributed by atoms with Crippen LogP contribution in [0.4, 0.5) is 0 Å². The topological polar surface area (TPSA) is 0 Å². The second-order valence-corrected chi connectivity index (χ2v) is 0.962. The minimum atomic E-state index is 0. The smallest absolute Gasteiger partial charge is 0.00506 e. The second-order valence-electron chi connectivity index (χ2n) is 0.962. The van der Waals surface area contributed by atoms with E-state index >= 15 is 0 Å². The number of hydrogen-bond acceptors (Lipinski definition) is 0. The van der Waals surface area contributed by atoms with Gasteiger partial charge in [-0.05, 0) is 0 Å². The fraction of sp³-hybridized carbons (Fsp3) is 0. The molecule has 0 amide bonds. The number of hydrogen-bond donors (Lipinski definition) is 0. The Morgan fingerprint density at radius 3 is 1.29 bits per heavy atom. The Morgan fingerprint density at radius 2 is 1.14 bits per heavy atom. The van der Waals surface area contributed by atoms with E-state index in [1.807, 2.05) is 30.7 Å². The average Bonchev–Trinajstić information content (AvgIpc) is 1.76. The first-order valence-electron chi connectivity index (χ1n) is 1.67. The summed E-state index contributed by atoms with van der Waals surface area (Å²) >= 11 is 0. The van der Waals surface area contributed by atoms with Gasteiger partial charge < -0.3 is 12.4 Å². The molecule has 0 spiro atoms. The van der Waals surface area contributed by atoms with Crippen LogP contribution in [-0.4, -0.2) is 0 Å². The van der Waals surface area contributed by atoms with Gasteiger partial charge in [-0.2, -0.15) is 0 Å². The molecule has 0 saturated carbocycles. The molecule has 0 atom stereocenters. The quantitative estimate of drug-likeness (QED) is 0.416. The Kier molecular flexibility index (Phi) is 9.58. The summed E-state index contributed by atoms with van der Waals surface area (Å²) in [6.07, 6.45) is 10.0. The molecule has 0 heterocycles. The standard InChI is InChI=1S/C5H5.ClH.Pd/c1-2-4-5-3-1;;/h1-5H;1H;/p-1. The van der Waals surface area contributed by atoms with Gasteiger partial charge in [0.15, 0.2) is 0 Å². The van der Waals surface area contributed by atoms with Crippen molar-refractivity contribution in [2.24, 2.45) is 0 Å². The van der Waals surface area contributed by atoms with Gasteiger partial charge in [-0.1, -0.05) is 24.3 Å². The van der Waals surface area contributed by atoms with Crippen molar-refractivity contribution in [3.8, 4) is 0 Å². The average molecular weight is 207 g/mol. The van der Waals surface area contributed by atoms with E-state index in [1.54, 1.807) is 0 Å². The maximum absolute atomic E-state index is 2.00. The van der Waals surface area contributed by atoms with Crippen molar-refractivity contribution in [2.75, 3.05) is 0 Å². The van der Waals surface area contributed by atoms with Gasteiger partial charge in [-0.3, -0.25) is 0 Å². The molecule has 1 radical (unpaired) electrons. The monoisotopic (exact) mass is 206 g/mol. The Balaban J connectivity index is 0. The Bertz CT molecular complexity index is 66.1. The number of allylic oxidation sites excluding steroid dienone is 4. The Morgan fingerprint density at radius 1 is 0.714 bits per heavy atom. The predicted octanol–water partition coefficient (Wildman–Crippen LogP) is -1.68. The first kappa shape index (κ1) is 10.4. The van der Waals surface area contributed by atoms with Crippen molar-refractivity contribution < 1.29 is 32.8 Å². The van der Waals surface area contributed by atoms with Gasteiger partial charge in [0.25, 0.3) is 0 Å². The van der Waals surface area contributed by atoms with Crippen LogP contribution in [0.15, 0.2) is 24.3 Å². The normalized spacial score (nSPS) is 12.6. The van der Waals surface area contributed by atoms with E-state index in [4.69, 9.17) is 0 Å². The van der Waals surface area contributed by atoms with Gasteiger partial charge in [0.05, 0.1) is 0 Å². The zero-order valence-electron chi connectivity index (χ0n) is 3.58. The zero-order chi connectivity index (χ0) is 3.54. The van der Waals surface area contributed by atoms with Crippen LogP contribution < -0.4 is 12.4 Å². The van der Waals surface area contributed by atoms with E-state index in [1.165, 1.54) is 0 Å². The largest absolute Gasteiger partial charge is 1.00 e. The zero-order valence-corrected chi connectivity index (χ0v) is 5.89. The molecule has 0 aliphatic heterocycles. The maximum Gasteiger partial charge on any atom is 0.00506 e. The van der Waals surface area contributed by atoms with Gasteiger partial charge in [-0.25, -0.2) is 0 Å². The minimum absolute atomic E-state index is 0. The Hall–Kier alpha value is 0.432. The third-order valence-electron chi connectivity index (χ3n) is 0.556. The number of halogens is 1. The maximum atomic E-state index is 2.00. The van der Waals surface area contributed by atoms with E-state index in [2.05, 4.69) is 0 Å². The summed E-state index contributed by atoms with van der Waals surface area (Å²) in [6.45, 7) is 0. The molecule has 1 aliphatic rings. The van der Waals surface area contributed by atoms with Crippen molar-refractivity contribution in [1.29, 1.82) is 0 Å². The summed E-state index contributed by atoms with van der Waals surface area (Å²) in [6, 6.07) is 0. The van der Waals surface area contributed by atoms with Crippen molar-refractivity contribution in [3.63, 3.8) is 0 Å². The molecule has 43 valence electrons. The third kappa shape index (κ3) is 4.28. The molecule has 0 aromatic rings. The molecule has 0 unspecified atom stereocenters. The van der Waals surface area contributed by atoms with Crippen LogP contribution >= 0.6 is 0 Å².